The van der Waals surface area contributed by atoms with Crippen molar-refractivity contribution in [3.05, 3.63) is 101 Å². The molecular formula is C34H48N2. The maximum atomic E-state index is 4.60. The second kappa shape index (κ2) is 15.7. The minimum Gasteiger partial charge on any atom is -0.381 e. The normalized spacial score (nSPS) is 12.7. The highest BCUT2D eigenvalue weighted by Gasteiger charge is 2.22. The van der Waals surface area contributed by atoms with E-state index in [2.05, 4.69) is 120 Å². The van der Waals surface area contributed by atoms with Crippen molar-refractivity contribution in [3.8, 4) is 12.3 Å². The minimum absolute atomic E-state index is 0.216. The number of hydrogen-bond donors (Lipinski definition) is 2. The molecule has 0 aliphatic carbocycles. The zero-order valence-electron chi connectivity index (χ0n) is 23.7. The van der Waals surface area contributed by atoms with E-state index in [1.807, 2.05) is 0 Å². The Hall–Kier alpha value is -3.18. The summed E-state index contributed by atoms with van der Waals surface area (Å²) < 4.78 is 0. The summed E-state index contributed by atoms with van der Waals surface area (Å²) in [6.45, 7) is 25.7. The highest BCUT2D eigenvalue weighted by atomic mass is 14.9. The Kier molecular flexibility index (Phi) is 13.5. The molecule has 2 nitrogen and oxygen atoms in total. The molecule has 0 saturated carbocycles. The fourth-order valence-corrected chi connectivity index (χ4v) is 4.27. The highest BCUT2D eigenvalue weighted by Crippen LogP contribution is 2.32. The van der Waals surface area contributed by atoms with Gasteiger partial charge in [-0.25, -0.2) is 0 Å². The van der Waals surface area contributed by atoms with Gasteiger partial charge in [0.1, 0.15) is 0 Å². The van der Waals surface area contributed by atoms with Gasteiger partial charge in [-0.05, 0) is 79.2 Å². The van der Waals surface area contributed by atoms with E-state index in [0.29, 0.717) is 0 Å². The third kappa shape index (κ3) is 9.82. The smallest absolute Gasteiger partial charge is 0.0403 e. The Morgan fingerprint density at radius 2 is 1.67 bits per heavy atom. The van der Waals surface area contributed by atoms with Gasteiger partial charge in [0.25, 0.3) is 0 Å². The first kappa shape index (κ1) is 30.9. The van der Waals surface area contributed by atoms with Crippen LogP contribution in [-0.2, 0) is 18.4 Å². The molecule has 2 aromatic carbocycles. The van der Waals surface area contributed by atoms with Gasteiger partial charge in [0.2, 0.25) is 0 Å². The largest absolute Gasteiger partial charge is 0.381 e. The van der Waals surface area contributed by atoms with Crippen LogP contribution in [0.5, 0.6) is 0 Å². The topological polar surface area (TPSA) is 24.1 Å². The molecule has 1 heterocycles. The van der Waals surface area contributed by atoms with Crippen molar-refractivity contribution >= 4 is 5.70 Å². The van der Waals surface area contributed by atoms with Crippen molar-refractivity contribution in [1.82, 2.24) is 10.6 Å². The average molecular weight is 485 g/mol. The summed E-state index contributed by atoms with van der Waals surface area (Å²) >= 11 is 0. The Bertz CT molecular complexity index is 1040. The fourth-order valence-electron chi connectivity index (χ4n) is 4.27. The lowest BCUT2D eigenvalue weighted by Crippen LogP contribution is -2.21. The minimum atomic E-state index is 0.216. The first-order valence-electron chi connectivity index (χ1n) is 13.2. The van der Waals surface area contributed by atoms with E-state index < -0.39 is 0 Å². The lowest BCUT2D eigenvalue weighted by Gasteiger charge is -2.28. The zero-order chi connectivity index (χ0) is 27.1. The number of rotatable bonds is 8. The summed E-state index contributed by atoms with van der Waals surface area (Å²) in [6, 6.07) is 15.2. The van der Waals surface area contributed by atoms with Gasteiger partial charge < -0.3 is 10.6 Å². The van der Waals surface area contributed by atoms with Crippen LogP contribution >= 0.6 is 0 Å². The number of aryl methyl sites for hydroxylation is 1. The standard InChI is InChI=1S/C24H33N.C7H11N.C3H4/c1-7-12-22-20(14-11-16-23(22)24(5,6)8-2)17-25-19(4)21-15-10-9-13-18(21)3;1-6-4-3-5-7(2)8-6;1-3-2/h9-11,13-16,25H,4,7-8,12,17H2,1-3,5-6H3;8H,1-5H2;1H,2H3. The van der Waals surface area contributed by atoms with Crippen LogP contribution in [-0.4, -0.2) is 0 Å². The van der Waals surface area contributed by atoms with E-state index in [0.717, 1.165) is 49.3 Å². The molecular weight excluding hydrogens is 436 g/mol. The molecule has 1 aliphatic heterocycles. The SMILES string of the molecule is C#CC.C=C(NCc1cccc(C(C)(C)CC)c1CCC)c1ccccc1C.C=C1CCCC(=C)N1. The van der Waals surface area contributed by atoms with Crippen LogP contribution < -0.4 is 10.6 Å². The van der Waals surface area contributed by atoms with Gasteiger partial charge in [0, 0.05) is 23.6 Å². The van der Waals surface area contributed by atoms with Crippen LogP contribution in [0.3, 0.4) is 0 Å². The predicted molar refractivity (Wildman–Crippen MR) is 161 cm³/mol. The monoisotopic (exact) mass is 484 g/mol. The molecule has 3 rings (SSSR count). The molecule has 194 valence electrons. The second-order valence-corrected chi connectivity index (χ2v) is 10.1. The highest BCUT2D eigenvalue weighted by molar-refractivity contribution is 5.64. The van der Waals surface area contributed by atoms with Crippen molar-refractivity contribution in [2.45, 2.75) is 92.0 Å². The van der Waals surface area contributed by atoms with E-state index in [1.54, 1.807) is 6.92 Å². The molecule has 0 bridgehead atoms. The van der Waals surface area contributed by atoms with Gasteiger partial charge >= 0.3 is 0 Å². The Labute approximate surface area is 222 Å². The van der Waals surface area contributed by atoms with Gasteiger partial charge in [-0.15, -0.1) is 12.3 Å². The first-order valence-corrected chi connectivity index (χ1v) is 13.2. The lowest BCUT2D eigenvalue weighted by molar-refractivity contribution is 0.499. The quantitative estimate of drug-likeness (QED) is 0.366. The lowest BCUT2D eigenvalue weighted by atomic mass is 9.77. The van der Waals surface area contributed by atoms with Crippen LogP contribution in [0.15, 0.2) is 73.6 Å². The van der Waals surface area contributed by atoms with Gasteiger partial charge in [-0.3, -0.25) is 0 Å². The average Bonchev–Trinajstić information content (AvgIpc) is 2.84. The molecule has 1 saturated heterocycles. The number of hydrogen-bond acceptors (Lipinski definition) is 2. The summed E-state index contributed by atoms with van der Waals surface area (Å²) in [6.07, 6.45) is 11.5. The van der Waals surface area contributed by atoms with Crippen molar-refractivity contribution in [2.75, 3.05) is 0 Å². The van der Waals surface area contributed by atoms with Crippen LogP contribution in [0.2, 0.25) is 0 Å². The fraction of sp³-hybridized carbons (Fsp3) is 0.412. The molecule has 0 unspecified atom stereocenters. The van der Waals surface area contributed by atoms with Crippen molar-refractivity contribution in [1.29, 1.82) is 0 Å². The molecule has 2 heteroatoms. The van der Waals surface area contributed by atoms with Crippen LogP contribution in [0.1, 0.15) is 94.5 Å². The number of benzene rings is 2. The maximum Gasteiger partial charge on any atom is 0.0403 e. The molecule has 0 aromatic heterocycles. The van der Waals surface area contributed by atoms with E-state index in [1.165, 1.54) is 40.7 Å². The summed E-state index contributed by atoms with van der Waals surface area (Å²) in [7, 11) is 0. The van der Waals surface area contributed by atoms with Gasteiger partial charge in [0.05, 0.1) is 0 Å². The third-order valence-corrected chi connectivity index (χ3v) is 6.66. The van der Waals surface area contributed by atoms with E-state index in [-0.39, 0.29) is 5.41 Å². The molecule has 36 heavy (non-hydrogen) atoms. The molecule has 0 spiro atoms. The van der Waals surface area contributed by atoms with E-state index in [4.69, 9.17) is 0 Å². The maximum absolute atomic E-state index is 4.60. The number of terminal acetylenes is 1. The van der Waals surface area contributed by atoms with E-state index >= 15 is 0 Å². The predicted octanol–water partition coefficient (Wildman–Crippen LogP) is 8.82. The Balaban J connectivity index is 0.000000488. The van der Waals surface area contributed by atoms with Crippen LogP contribution in [0, 0.1) is 19.3 Å². The van der Waals surface area contributed by atoms with Crippen LogP contribution in [0.4, 0.5) is 0 Å². The number of piperidine rings is 1. The van der Waals surface area contributed by atoms with Crippen LogP contribution in [0.25, 0.3) is 5.70 Å². The number of nitrogens with one attached hydrogen (secondary N) is 2. The Morgan fingerprint density at radius 1 is 1.06 bits per heavy atom. The van der Waals surface area contributed by atoms with Gasteiger partial charge in [-0.1, -0.05) is 96.3 Å². The van der Waals surface area contributed by atoms with E-state index in [9.17, 15) is 0 Å². The molecule has 2 aromatic rings. The molecule has 1 aliphatic rings. The zero-order valence-corrected chi connectivity index (χ0v) is 23.7. The molecule has 1 fully saturated rings. The van der Waals surface area contributed by atoms with Crippen molar-refractivity contribution in [3.63, 3.8) is 0 Å². The van der Waals surface area contributed by atoms with Gasteiger partial charge in [0.15, 0.2) is 0 Å². The first-order chi connectivity index (χ1) is 17.1. The second-order valence-electron chi connectivity index (χ2n) is 10.1. The summed E-state index contributed by atoms with van der Waals surface area (Å²) in [4.78, 5) is 0. The van der Waals surface area contributed by atoms with Crippen molar-refractivity contribution in [2.24, 2.45) is 0 Å². The molecule has 0 amide bonds. The summed E-state index contributed by atoms with van der Waals surface area (Å²) in [5.74, 6) is 2.25. The molecule has 0 radical (unpaired) electrons. The van der Waals surface area contributed by atoms with Gasteiger partial charge in [-0.2, -0.15) is 0 Å². The third-order valence-electron chi connectivity index (χ3n) is 6.66. The Morgan fingerprint density at radius 3 is 2.17 bits per heavy atom. The summed E-state index contributed by atoms with van der Waals surface area (Å²) in [5, 5.41) is 6.65. The molecule has 0 atom stereocenters. The number of allylic oxidation sites excluding steroid dienone is 2. The van der Waals surface area contributed by atoms with Crippen molar-refractivity contribution < 1.29 is 0 Å². The summed E-state index contributed by atoms with van der Waals surface area (Å²) in [5.41, 5.74) is 10.3. The molecule has 2 N–H and O–H groups in total.